The zero-order chi connectivity index (χ0) is 23.2. The van der Waals surface area contributed by atoms with Gasteiger partial charge < -0.3 is 15.1 Å². The van der Waals surface area contributed by atoms with E-state index in [0.717, 1.165) is 18.7 Å². The van der Waals surface area contributed by atoms with Gasteiger partial charge in [-0.15, -0.1) is 0 Å². The molecule has 0 saturated carbocycles. The molecule has 1 unspecified atom stereocenters. The summed E-state index contributed by atoms with van der Waals surface area (Å²) in [5.74, 6) is -0.251. The second kappa shape index (κ2) is 10.5. The zero-order valence-electron chi connectivity index (χ0n) is 18.7. The van der Waals surface area contributed by atoms with E-state index in [2.05, 4.69) is 29.3 Å². The van der Waals surface area contributed by atoms with E-state index < -0.39 is 6.04 Å². The fourth-order valence-corrected chi connectivity index (χ4v) is 4.46. The molecule has 0 bridgehead atoms. The summed E-state index contributed by atoms with van der Waals surface area (Å²) in [6.45, 7) is 5.01. The normalized spacial score (nSPS) is 14.6. The van der Waals surface area contributed by atoms with Crippen molar-refractivity contribution in [2.75, 3.05) is 31.1 Å². The molecule has 2 amide bonds. The van der Waals surface area contributed by atoms with Gasteiger partial charge >= 0.3 is 0 Å². The van der Waals surface area contributed by atoms with Gasteiger partial charge in [-0.25, -0.2) is 0 Å². The molecule has 3 aromatic rings. The summed E-state index contributed by atoms with van der Waals surface area (Å²) in [6.07, 6.45) is 0.199. The number of carbonyl (C=O) groups excluding carboxylic acids is 2. The van der Waals surface area contributed by atoms with Crippen LogP contribution in [0.25, 0.3) is 0 Å². The third-order valence-electron chi connectivity index (χ3n) is 6.09. The van der Waals surface area contributed by atoms with Crippen molar-refractivity contribution in [1.82, 2.24) is 10.2 Å². The van der Waals surface area contributed by atoms with Crippen LogP contribution < -0.4 is 10.2 Å². The number of piperazine rings is 1. The lowest BCUT2D eigenvalue weighted by Crippen LogP contribution is -2.49. The number of para-hydroxylation sites is 1. The maximum atomic E-state index is 13.2. The van der Waals surface area contributed by atoms with Crippen LogP contribution in [0.5, 0.6) is 0 Å². The number of halogens is 1. The highest BCUT2D eigenvalue weighted by Gasteiger charge is 2.26. The Labute approximate surface area is 200 Å². The Kier molecular flexibility index (Phi) is 7.30. The lowest BCUT2D eigenvalue weighted by Gasteiger charge is -2.37. The van der Waals surface area contributed by atoms with Crippen molar-refractivity contribution in [1.29, 1.82) is 0 Å². The quantitative estimate of drug-likeness (QED) is 0.570. The predicted octanol–water partition coefficient (Wildman–Crippen LogP) is 4.86. The molecule has 0 spiro atoms. The molecule has 1 heterocycles. The molecule has 4 rings (SSSR count). The van der Waals surface area contributed by atoms with Gasteiger partial charge in [0, 0.05) is 31.9 Å². The minimum absolute atomic E-state index is 0.0349. The number of amides is 2. The maximum Gasteiger partial charge on any atom is 0.253 e. The number of anilines is 1. The third kappa shape index (κ3) is 5.55. The molecule has 6 heteroatoms. The topological polar surface area (TPSA) is 52.6 Å². The highest BCUT2D eigenvalue weighted by Crippen LogP contribution is 2.24. The number of carbonyl (C=O) groups is 2. The van der Waals surface area contributed by atoms with E-state index in [1.54, 1.807) is 24.3 Å². The Bertz CT molecular complexity index is 1110. The largest absolute Gasteiger partial charge is 0.368 e. The van der Waals surface area contributed by atoms with Crippen molar-refractivity contribution in [3.63, 3.8) is 0 Å². The van der Waals surface area contributed by atoms with Crippen LogP contribution in [0.3, 0.4) is 0 Å². The number of nitrogens with zero attached hydrogens (tertiary/aromatic N) is 2. The molecule has 1 fully saturated rings. The van der Waals surface area contributed by atoms with Crippen LogP contribution in [0.2, 0.25) is 5.02 Å². The average molecular weight is 462 g/mol. The second-order valence-corrected chi connectivity index (χ2v) is 8.68. The molecule has 1 saturated heterocycles. The van der Waals surface area contributed by atoms with Gasteiger partial charge in [-0.1, -0.05) is 72.3 Å². The van der Waals surface area contributed by atoms with Crippen molar-refractivity contribution in [3.8, 4) is 0 Å². The molecule has 33 heavy (non-hydrogen) atoms. The summed E-state index contributed by atoms with van der Waals surface area (Å²) in [6, 6.07) is 24.4. The van der Waals surface area contributed by atoms with Gasteiger partial charge in [0.25, 0.3) is 5.91 Å². The van der Waals surface area contributed by atoms with E-state index in [9.17, 15) is 9.59 Å². The van der Waals surface area contributed by atoms with Crippen molar-refractivity contribution in [2.24, 2.45) is 0 Å². The van der Waals surface area contributed by atoms with E-state index >= 15 is 0 Å². The minimum Gasteiger partial charge on any atom is -0.368 e. The highest BCUT2D eigenvalue weighted by molar-refractivity contribution is 6.33. The molecule has 1 N–H and O–H groups in total. The van der Waals surface area contributed by atoms with Gasteiger partial charge in [-0.05, 0) is 36.2 Å². The first-order chi connectivity index (χ1) is 16.0. The smallest absolute Gasteiger partial charge is 0.253 e. The van der Waals surface area contributed by atoms with Crippen molar-refractivity contribution in [2.45, 2.75) is 19.4 Å². The summed E-state index contributed by atoms with van der Waals surface area (Å²) in [7, 11) is 0. The SMILES string of the molecule is Cc1ccccc1N1CCN(C(=O)CC(NC(=O)c2ccccc2Cl)c2ccccc2)CC1. The van der Waals surface area contributed by atoms with Crippen LogP contribution in [-0.4, -0.2) is 42.9 Å². The Morgan fingerprint density at radius 1 is 0.879 bits per heavy atom. The fraction of sp³-hybridized carbons (Fsp3) is 0.259. The van der Waals surface area contributed by atoms with Crippen molar-refractivity contribution < 1.29 is 9.59 Å². The second-order valence-electron chi connectivity index (χ2n) is 8.28. The molecule has 170 valence electrons. The van der Waals surface area contributed by atoms with Gasteiger partial charge in [0.05, 0.1) is 23.0 Å². The Balaban J connectivity index is 1.43. The van der Waals surface area contributed by atoms with E-state index in [-0.39, 0.29) is 18.2 Å². The summed E-state index contributed by atoms with van der Waals surface area (Å²) in [5, 5.41) is 3.41. The lowest BCUT2D eigenvalue weighted by molar-refractivity contribution is -0.132. The number of rotatable bonds is 6. The van der Waals surface area contributed by atoms with Crippen molar-refractivity contribution in [3.05, 3.63) is 101 Å². The van der Waals surface area contributed by atoms with Gasteiger partial charge in [-0.3, -0.25) is 9.59 Å². The maximum absolute atomic E-state index is 13.2. The number of aryl methyl sites for hydroxylation is 1. The first kappa shape index (κ1) is 22.9. The van der Waals surface area contributed by atoms with Crippen molar-refractivity contribution >= 4 is 29.1 Å². The van der Waals surface area contributed by atoms with Crippen LogP contribution in [0.15, 0.2) is 78.9 Å². The molecule has 0 aliphatic carbocycles. The summed E-state index contributed by atoms with van der Waals surface area (Å²) >= 11 is 6.21. The monoisotopic (exact) mass is 461 g/mol. The molecule has 3 aromatic carbocycles. The van der Waals surface area contributed by atoms with Gasteiger partial charge in [0.15, 0.2) is 0 Å². The Morgan fingerprint density at radius 2 is 1.52 bits per heavy atom. The lowest BCUT2D eigenvalue weighted by atomic mass is 10.0. The first-order valence-electron chi connectivity index (χ1n) is 11.2. The molecule has 0 aromatic heterocycles. The number of nitrogens with one attached hydrogen (secondary N) is 1. The van der Waals surface area contributed by atoms with Gasteiger partial charge in [0.2, 0.25) is 5.91 Å². The molecular formula is C27H28ClN3O2. The van der Waals surface area contributed by atoms with Gasteiger partial charge in [-0.2, -0.15) is 0 Å². The molecule has 1 atom stereocenters. The Morgan fingerprint density at radius 3 is 2.21 bits per heavy atom. The molecule has 0 radical (unpaired) electrons. The highest BCUT2D eigenvalue weighted by atomic mass is 35.5. The van der Waals surface area contributed by atoms with Crippen LogP contribution in [0.4, 0.5) is 5.69 Å². The number of hydrogen-bond acceptors (Lipinski definition) is 3. The number of benzene rings is 3. The van der Waals surface area contributed by atoms with E-state index in [1.807, 2.05) is 47.4 Å². The predicted molar refractivity (Wildman–Crippen MR) is 133 cm³/mol. The molecule has 1 aliphatic rings. The summed E-state index contributed by atoms with van der Waals surface area (Å²) < 4.78 is 0. The zero-order valence-corrected chi connectivity index (χ0v) is 19.5. The molecule has 5 nitrogen and oxygen atoms in total. The van der Waals surface area contributed by atoms with Crippen LogP contribution in [-0.2, 0) is 4.79 Å². The fourth-order valence-electron chi connectivity index (χ4n) is 4.24. The molecule has 1 aliphatic heterocycles. The Hall–Kier alpha value is -3.31. The average Bonchev–Trinajstić information content (AvgIpc) is 2.85. The molecular weight excluding hydrogens is 434 g/mol. The third-order valence-corrected chi connectivity index (χ3v) is 6.42. The summed E-state index contributed by atoms with van der Waals surface area (Å²) in [5.41, 5.74) is 3.76. The van der Waals surface area contributed by atoms with Crippen LogP contribution >= 0.6 is 11.6 Å². The standard InChI is InChI=1S/C27H28ClN3O2/c1-20-9-5-8-14-25(20)30-15-17-31(18-16-30)26(32)19-24(21-10-3-2-4-11-21)29-27(33)22-12-6-7-13-23(22)28/h2-14,24H,15-19H2,1H3,(H,29,33). The van der Waals surface area contributed by atoms with Crippen LogP contribution in [0, 0.1) is 6.92 Å². The van der Waals surface area contributed by atoms with E-state index in [0.29, 0.717) is 23.7 Å². The summed E-state index contributed by atoms with van der Waals surface area (Å²) in [4.78, 5) is 30.3. The van der Waals surface area contributed by atoms with Gasteiger partial charge in [0.1, 0.15) is 0 Å². The minimum atomic E-state index is -0.433. The van der Waals surface area contributed by atoms with E-state index in [4.69, 9.17) is 11.6 Å². The van der Waals surface area contributed by atoms with Crippen LogP contribution in [0.1, 0.15) is 33.9 Å². The first-order valence-corrected chi connectivity index (χ1v) is 11.6. The number of hydrogen-bond donors (Lipinski definition) is 1. The van der Waals surface area contributed by atoms with E-state index in [1.165, 1.54) is 11.3 Å².